The average Bonchev–Trinajstić information content (AvgIpc) is 2.87. The van der Waals surface area contributed by atoms with Gasteiger partial charge >= 0.3 is 0 Å². The fraction of sp³-hybridized carbons (Fsp3) is 0.294. The Kier molecular flexibility index (Phi) is 6.01. The highest BCUT2D eigenvalue weighted by Crippen LogP contribution is 2.54. The second kappa shape index (κ2) is 8.76. The summed E-state index contributed by atoms with van der Waals surface area (Å²) in [6.07, 6.45) is 2.48. The maximum absolute atomic E-state index is 2.55. The van der Waals surface area contributed by atoms with E-state index in [1.165, 1.54) is 56.6 Å². The molecule has 178 valence electrons. The Bertz CT molecular complexity index is 1310. The third-order valence-corrected chi connectivity index (χ3v) is 12.4. The van der Waals surface area contributed by atoms with Crippen LogP contribution in [0.2, 0.25) is 0 Å². The number of fused-ring (bicyclic) bond motifs is 1. The van der Waals surface area contributed by atoms with Crippen molar-refractivity contribution in [2.45, 2.75) is 58.3 Å². The Balaban J connectivity index is 1.79. The van der Waals surface area contributed by atoms with Gasteiger partial charge in [-0.2, -0.15) is 0 Å². The summed E-state index contributed by atoms with van der Waals surface area (Å²) in [5.41, 5.74) is 7.65. The van der Waals surface area contributed by atoms with Gasteiger partial charge in [0, 0.05) is 5.56 Å². The lowest BCUT2D eigenvalue weighted by Gasteiger charge is -2.42. The predicted molar refractivity (Wildman–Crippen MR) is 157 cm³/mol. The fourth-order valence-electron chi connectivity index (χ4n) is 5.98. The Labute approximate surface area is 212 Å². The van der Waals surface area contributed by atoms with E-state index in [0.717, 1.165) is 0 Å². The minimum Gasteiger partial charge on any atom is -0.0620 e. The summed E-state index contributed by atoms with van der Waals surface area (Å²) in [7, 11) is -1.84. The largest absolute Gasteiger partial charge is 0.112 e. The van der Waals surface area contributed by atoms with Crippen LogP contribution in [-0.4, -0.2) is 6.66 Å². The van der Waals surface area contributed by atoms with E-state index in [9.17, 15) is 0 Å². The maximum atomic E-state index is 2.55. The molecule has 1 heteroatoms. The number of aryl methyl sites for hydroxylation is 1. The second-order valence-corrected chi connectivity index (χ2v) is 15.2. The standard InChI is InChI=1S/C34H38P/c1-25-23-30-31(34(4,5)22-21-33(30,2)3)24-29(25)28-19-13-14-20-32(28)35(6,26-15-9-7-10-16-26)27-17-11-8-12-18-27/h7-20,23-24H,21-22H2,1-6H3/q+1. The molecule has 5 rings (SSSR count). The van der Waals surface area contributed by atoms with Crippen molar-refractivity contribution in [2.75, 3.05) is 6.66 Å². The van der Waals surface area contributed by atoms with Gasteiger partial charge in [-0.3, -0.25) is 0 Å². The van der Waals surface area contributed by atoms with Crippen LogP contribution in [-0.2, 0) is 10.8 Å². The molecule has 0 N–H and O–H groups in total. The van der Waals surface area contributed by atoms with Gasteiger partial charge in [-0.05, 0) is 89.2 Å². The zero-order valence-corrected chi connectivity index (χ0v) is 23.0. The van der Waals surface area contributed by atoms with Crippen LogP contribution in [0.25, 0.3) is 11.1 Å². The molecule has 4 aromatic carbocycles. The lowest BCUT2D eigenvalue weighted by atomic mass is 9.62. The molecule has 0 spiro atoms. The molecule has 1 aliphatic carbocycles. The van der Waals surface area contributed by atoms with Gasteiger partial charge in [0.25, 0.3) is 0 Å². The van der Waals surface area contributed by atoms with Crippen LogP contribution in [0.3, 0.4) is 0 Å². The van der Waals surface area contributed by atoms with E-state index in [-0.39, 0.29) is 10.8 Å². The second-order valence-electron chi connectivity index (χ2n) is 11.7. The van der Waals surface area contributed by atoms with Crippen molar-refractivity contribution >= 4 is 23.2 Å². The molecule has 4 aromatic rings. The number of hydrogen-bond donors (Lipinski definition) is 0. The summed E-state index contributed by atoms with van der Waals surface area (Å²) in [4.78, 5) is 0. The summed E-state index contributed by atoms with van der Waals surface area (Å²) in [5, 5.41) is 4.32. The van der Waals surface area contributed by atoms with E-state index in [2.05, 4.69) is 138 Å². The Morgan fingerprint density at radius 1 is 0.571 bits per heavy atom. The summed E-state index contributed by atoms with van der Waals surface area (Å²) in [6.45, 7) is 14.5. The summed E-state index contributed by atoms with van der Waals surface area (Å²) in [5.74, 6) is 0. The van der Waals surface area contributed by atoms with Crippen molar-refractivity contribution in [3.63, 3.8) is 0 Å². The molecule has 0 nitrogen and oxygen atoms in total. The molecule has 0 atom stereocenters. The highest BCUT2D eigenvalue weighted by atomic mass is 31.2. The van der Waals surface area contributed by atoms with Crippen LogP contribution in [0.4, 0.5) is 0 Å². The monoisotopic (exact) mass is 477 g/mol. The number of benzene rings is 4. The van der Waals surface area contributed by atoms with Gasteiger partial charge in [0.2, 0.25) is 0 Å². The van der Waals surface area contributed by atoms with Crippen molar-refractivity contribution < 1.29 is 0 Å². The molecule has 35 heavy (non-hydrogen) atoms. The van der Waals surface area contributed by atoms with Crippen molar-refractivity contribution in [1.29, 1.82) is 0 Å². The SMILES string of the molecule is Cc1cc2c(cc1-c1ccccc1[P+](C)(c1ccccc1)c1ccccc1)C(C)(C)CCC2(C)C. The van der Waals surface area contributed by atoms with Crippen molar-refractivity contribution in [3.8, 4) is 11.1 Å². The molecule has 0 aliphatic heterocycles. The first-order chi connectivity index (χ1) is 16.6. The number of rotatable bonds is 4. The van der Waals surface area contributed by atoms with E-state index in [0.29, 0.717) is 0 Å². The molecular weight excluding hydrogens is 439 g/mol. The first-order valence-corrected chi connectivity index (χ1v) is 15.1. The first kappa shape index (κ1) is 24.0. The summed E-state index contributed by atoms with van der Waals surface area (Å²) < 4.78 is 0. The maximum Gasteiger partial charge on any atom is 0.112 e. The third kappa shape index (κ3) is 4.07. The molecule has 0 heterocycles. The van der Waals surface area contributed by atoms with Crippen LogP contribution in [0.5, 0.6) is 0 Å². The van der Waals surface area contributed by atoms with E-state index >= 15 is 0 Å². The van der Waals surface area contributed by atoms with Crippen molar-refractivity contribution in [1.82, 2.24) is 0 Å². The molecule has 0 saturated carbocycles. The predicted octanol–water partition coefficient (Wildman–Crippen LogP) is 7.93. The molecular formula is C34H38P+. The van der Waals surface area contributed by atoms with Crippen molar-refractivity contribution in [2.24, 2.45) is 0 Å². The van der Waals surface area contributed by atoms with Gasteiger partial charge < -0.3 is 0 Å². The summed E-state index contributed by atoms with van der Waals surface area (Å²) in [6, 6.07) is 36.5. The molecule has 0 saturated heterocycles. The van der Waals surface area contributed by atoms with Crippen LogP contribution in [0.1, 0.15) is 57.2 Å². The third-order valence-electron chi connectivity index (χ3n) is 8.42. The van der Waals surface area contributed by atoms with Crippen LogP contribution >= 0.6 is 7.26 Å². The molecule has 1 aliphatic rings. The number of hydrogen-bond acceptors (Lipinski definition) is 0. The van der Waals surface area contributed by atoms with E-state index < -0.39 is 7.26 Å². The Morgan fingerprint density at radius 3 is 1.57 bits per heavy atom. The first-order valence-electron chi connectivity index (χ1n) is 12.9. The highest BCUT2D eigenvalue weighted by Gasteiger charge is 2.43. The van der Waals surface area contributed by atoms with Gasteiger partial charge in [-0.25, -0.2) is 0 Å². The quantitative estimate of drug-likeness (QED) is 0.262. The Morgan fingerprint density at radius 2 is 1.03 bits per heavy atom. The van der Waals surface area contributed by atoms with E-state index in [4.69, 9.17) is 0 Å². The molecule has 0 fully saturated rings. The van der Waals surface area contributed by atoms with Gasteiger partial charge in [-0.15, -0.1) is 0 Å². The summed E-state index contributed by atoms with van der Waals surface area (Å²) >= 11 is 0. The molecule has 0 radical (unpaired) electrons. The molecule has 0 bridgehead atoms. The highest BCUT2D eigenvalue weighted by molar-refractivity contribution is 7.95. The van der Waals surface area contributed by atoms with E-state index in [1.807, 2.05) is 0 Å². The van der Waals surface area contributed by atoms with Gasteiger partial charge in [0.15, 0.2) is 0 Å². The zero-order valence-electron chi connectivity index (χ0n) is 22.1. The normalized spacial score (nSPS) is 16.5. The lowest BCUT2D eigenvalue weighted by Crippen LogP contribution is -2.34. The van der Waals surface area contributed by atoms with Crippen LogP contribution < -0.4 is 15.9 Å². The average molecular weight is 478 g/mol. The lowest BCUT2D eigenvalue weighted by molar-refractivity contribution is 0.332. The zero-order chi connectivity index (χ0) is 24.8. The minimum absolute atomic E-state index is 0.194. The van der Waals surface area contributed by atoms with Crippen LogP contribution in [0, 0.1) is 6.92 Å². The smallest absolute Gasteiger partial charge is 0.0620 e. The van der Waals surface area contributed by atoms with Gasteiger partial charge in [0.1, 0.15) is 23.2 Å². The molecule has 0 amide bonds. The fourth-order valence-corrected chi connectivity index (χ4v) is 9.44. The van der Waals surface area contributed by atoms with Crippen molar-refractivity contribution in [3.05, 3.63) is 114 Å². The van der Waals surface area contributed by atoms with Gasteiger partial charge in [0.05, 0.1) is 6.66 Å². The minimum atomic E-state index is -1.84. The van der Waals surface area contributed by atoms with E-state index in [1.54, 1.807) is 0 Å². The topological polar surface area (TPSA) is 0 Å². The van der Waals surface area contributed by atoms with Gasteiger partial charge in [-0.1, -0.05) is 88.4 Å². The van der Waals surface area contributed by atoms with Crippen LogP contribution in [0.15, 0.2) is 97.1 Å². The molecule has 0 aromatic heterocycles. The Hall–Kier alpha value is -2.69. The molecule has 0 unspecified atom stereocenters.